The van der Waals surface area contributed by atoms with Crippen LogP contribution < -0.4 is 5.73 Å². The molecule has 0 aliphatic carbocycles. The van der Waals surface area contributed by atoms with Crippen molar-refractivity contribution in [1.29, 1.82) is 0 Å². The first kappa shape index (κ1) is 4.12. The van der Waals surface area contributed by atoms with Gasteiger partial charge in [-0.05, 0) is 6.07 Å². The zero-order valence-electron chi connectivity index (χ0n) is 3.76. The molecule has 0 aliphatic rings. The van der Waals surface area contributed by atoms with Crippen molar-refractivity contribution in [3.05, 3.63) is 24.5 Å². The Hall–Kier alpha value is -1.05. The molecule has 0 fully saturated rings. The molecule has 1 heterocycles. The van der Waals surface area contributed by atoms with Crippen molar-refractivity contribution in [3.63, 3.8) is 0 Å². The third kappa shape index (κ3) is 0.892. The van der Waals surface area contributed by atoms with Crippen LogP contribution in [0, 0.1) is 6.07 Å². The van der Waals surface area contributed by atoms with E-state index in [1.54, 1.807) is 12.3 Å². The average Bonchev–Trinajstić information content (AvgIpc) is 1.69. The maximum atomic E-state index is 5.26. The number of hydrogen-bond acceptors (Lipinski definition) is 2. The summed E-state index contributed by atoms with van der Waals surface area (Å²) in [6, 6.07) is 4.39. The van der Waals surface area contributed by atoms with Crippen LogP contribution in [0.1, 0.15) is 0 Å². The van der Waals surface area contributed by atoms with E-state index < -0.39 is 0 Å². The van der Waals surface area contributed by atoms with Gasteiger partial charge in [0.05, 0.1) is 0 Å². The van der Waals surface area contributed by atoms with Crippen molar-refractivity contribution < 1.29 is 0 Å². The number of pyridine rings is 1. The molecule has 0 saturated carbocycles. The highest BCUT2D eigenvalue weighted by molar-refractivity contribution is 5.32. The summed E-state index contributed by atoms with van der Waals surface area (Å²) in [4.78, 5) is 3.71. The normalized spacial score (nSPS) is 8.57. The Morgan fingerprint density at radius 3 is 2.86 bits per heavy atom. The summed E-state index contributed by atoms with van der Waals surface area (Å²) in [7, 11) is 0. The number of aromatic nitrogens is 1. The van der Waals surface area contributed by atoms with Gasteiger partial charge in [0.25, 0.3) is 0 Å². The Labute approximate surface area is 42.0 Å². The van der Waals surface area contributed by atoms with Gasteiger partial charge in [-0.1, -0.05) is 0 Å². The zero-order chi connectivity index (χ0) is 5.11. The molecule has 0 saturated heterocycles. The monoisotopic (exact) mass is 93.0 g/mol. The van der Waals surface area contributed by atoms with Crippen LogP contribution in [-0.2, 0) is 0 Å². The van der Waals surface area contributed by atoms with Crippen LogP contribution in [0.25, 0.3) is 0 Å². The number of anilines is 1. The van der Waals surface area contributed by atoms with E-state index in [1.807, 2.05) is 0 Å². The fraction of sp³-hybridized carbons (Fsp3) is 0. The van der Waals surface area contributed by atoms with Gasteiger partial charge in [-0.25, -0.2) is 0 Å². The molecule has 7 heavy (non-hydrogen) atoms. The third-order valence-corrected chi connectivity index (χ3v) is 0.646. The van der Waals surface area contributed by atoms with E-state index in [1.165, 1.54) is 6.20 Å². The molecule has 1 aromatic heterocycles. The first-order chi connectivity index (χ1) is 3.39. The summed E-state index contributed by atoms with van der Waals surface area (Å²) in [6.07, 6.45) is 3.17. The van der Waals surface area contributed by atoms with Gasteiger partial charge in [0.2, 0.25) is 0 Å². The van der Waals surface area contributed by atoms with Crippen LogP contribution in [-0.4, -0.2) is 4.98 Å². The first-order valence-corrected chi connectivity index (χ1v) is 1.97. The first-order valence-electron chi connectivity index (χ1n) is 1.97. The second-order valence-corrected chi connectivity index (χ2v) is 1.19. The van der Waals surface area contributed by atoms with Gasteiger partial charge in [-0.3, -0.25) is 4.98 Å². The fourth-order valence-corrected chi connectivity index (χ4v) is 0.326. The Bertz CT molecular complexity index is 136. The molecule has 0 bridgehead atoms. The van der Waals surface area contributed by atoms with Crippen molar-refractivity contribution in [1.82, 2.24) is 4.98 Å². The van der Waals surface area contributed by atoms with E-state index in [0.29, 0.717) is 5.69 Å². The second-order valence-electron chi connectivity index (χ2n) is 1.19. The van der Waals surface area contributed by atoms with Crippen molar-refractivity contribution in [2.24, 2.45) is 0 Å². The quantitative estimate of drug-likeness (QED) is 0.506. The molecule has 2 heteroatoms. The summed E-state index contributed by atoms with van der Waals surface area (Å²) < 4.78 is 0. The molecule has 1 radical (unpaired) electrons. The number of hydrogen-bond donors (Lipinski definition) is 1. The maximum absolute atomic E-state index is 5.26. The van der Waals surface area contributed by atoms with Crippen LogP contribution in [0.2, 0.25) is 0 Å². The molecule has 0 amide bonds. The van der Waals surface area contributed by atoms with E-state index in [9.17, 15) is 0 Å². The highest BCUT2D eigenvalue weighted by Crippen LogP contribution is 1.91. The summed E-state index contributed by atoms with van der Waals surface area (Å²) in [5, 5.41) is 0. The zero-order valence-corrected chi connectivity index (χ0v) is 3.76. The van der Waals surface area contributed by atoms with Gasteiger partial charge in [0.15, 0.2) is 0 Å². The summed E-state index contributed by atoms with van der Waals surface area (Å²) in [5.41, 5.74) is 5.90. The number of nitrogens with zero attached hydrogens (tertiary/aromatic N) is 1. The van der Waals surface area contributed by atoms with Gasteiger partial charge >= 0.3 is 0 Å². The predicted octanol–water partition coefficient (Wildman–Crippen LogP) is 0.464. The Kier molecular flexibility index (Phi) is 0.941. The molecular formula is C5H5N2. The average molecular weight is 93.1 g/mol. The number of nitrogen functional groups attached to an aromatic ring is 1. The molecule has 0 atom stereocenters. The largest absolute Gasteiger partial charge is 0.398 e. The summed E-state index contributed by atoms with van der Waals surface area (Å²) in [6.45, 7) is 0. The van der Waals surface area contributed by atoms with E-state index >= 15 is 0 Å². The van der Waals surface area contributed by atoms with Crippen molar-refractivity contribution in [2.45, 2.75) is 0 Å². The lowest BCUT2D eigenvalue weighted by Gasteiger charge is -1.82. The van der Waals surface area contributed by atoms with Crippen LogP contribution in [0.4, 0.5) is 5.69 Å². The number of nitrogens with two attached hydrogens (primary N) is 1. The Morgan fingerprint density at radius 1 is 1.71 bits per heavy atom. The minimum Gasteiger partial charge on any atom is -0.398 e. The van der Waals surface area contributed by atoms with E-state index in [0.717, 1.165) is 0 Å². The highest BCUT2D eigenvalue weighted by atomic mass is 14.6. The molecule has 0 aromatic carbocycles. The van der Waals surface area contributed by atoms with Crippen LogP contribution in [0.3, 0.4) is 0 Å². The van der Waals surface area contributed by atoms with E-state index in [4.69, 9.17) is 5.73 Å². The molecule has 2 N–H and O–H groups in total. The predicted molar refractivity (Wildman–Crippen MR) is 27.5 cm³/mol. The Balaban J connectivity index is 3.02. The van der Waals surface area contributed by atoms with E-state index in [-0.39, 0.29) is 0 Å². The van der Waals surface area contributed by atoms with Crippen molar-refractivity contribution >= 4 is 5.69 Å². The van der Waals surface area contributed by atoms with Crippen LogP contribution >= 0.6 is 0 Å². The molecule has 2 nitrogen and oxygen atoms in total. The molecule has 0 unspecified atom stereocenters. The second kappa shape index (κ2) is 1.60. The van der Waals surface area contributed by atoms with Gasteiger partial charge in [-0.15, -0.1) is 0 Å². The number of rotatable bonds is 0. The highest BCUT2D eigenvalue weighted by Gasteiger charge is 1.74. The third-order valence-electron chi connectivity index (χ3n) is 0.646. The maximum Gasteiger partial charge on any atom is 0.0426 e. The van der Waals surface area contributed by atoms with Gasteiger partial charge in [0, 0.05) is 24.1 Å². The molecular weight excluding hydrogens is 88.1 g/mol. The molecule has 35 valence electrons. The van der Waals surface area contributed by atoms with Crippen molar-refractivity contribution in [3.8, 4) is 0 Å². The lowest BCUT2D eigenvalue weighted by Crippen LogP contribution is -1.82. The lowest BCUT2D eigenvalue weighted by atomic mass is 10.4. The van der Waals surface area contributed by atoms with Crippen LogP contribution in [0.5, 0.6) is 0 Å². The topological polar surface area (TPSA) is 38.9 Å². The van der Waals surface area contributed by atoms with Crippen molar-refractivity contribution in [2.75, 3.05) is 5.73 Å². The molecule has 1 rings (SSSR count). The molecule has 1 aromatic rings. The van der Waals surface area contributed by atoms with Crippen LogP contribution in [0.15, 0.2) is 18.5 Å². The Morgan fingerprint density at radius 2 is 2.57 bits per heavy atom. The lowest BCUT2D eigenvalue weighted by molar-refractivity contribution is 1.33. The standard InChI is InChI=1S/C5H5N2/c6-5-1-3-7-4-2-5/h1,3-4H,(H2,6,7). The molecule has 0 aliphatic heterocycles. The van der Waals surface area contributed by atoms with E-state index in [2.05, 4.69) is 11.1 Å². The SMILES string of the molecule is Nc1[c]cncc1. The smallest absolute Gasteiger partial charge is 0.0426 e. The fourth-order valence-electron chi connectivity index (χ4n) is 0.326. The van der Waals surface area contributed by atoms with Gasteiger partial charge < -0.3 is 5.73 Å². The summed E-state index contributed by atoms with van der Waals surface area (Å²) >= 11 is 0. The molecule has 0 spiro atoms. The van der Waals surface area contributed by atoms with Gasteiger partial charge in [-0.2, -0.15) is 0 Å². The minimum atomic E-state index is 0.634. The summed E-state index contributed by atoms with van der Waals surface area (Å²) in [5.74, 6) is 0. The van der Waals surface area contributed by atoms with Gasteiger partial charge in [0.1, 0.15) is 0 Å². The minimum absolute atomic E-state index is 0.634.